The molecule has 0 radical (unpaired) electrons. The Hall–Kier alpha value is -0.590. The van der Waals surface area contributed by atoms with Gasteiger partial charge in [0, 0.05) is 13.6 Å². The molecular weight excluding hydrogens is 250 g/mol. The Morgan fingerprint density at radius 2 is 2.19 bits per heavy atom. The first-order chi connectivity index (χ1) is 7.49. The van der Waals surface area contributed by atoms with Crippen molar-refractivity contribution >= 4 is 21.6 Å². The highest BCUT2D eigenvalue weighted by Crippen LogP contribution is 2.18. The number of nitrogens with zero attached hydrogens (tertiary/aromatic N) is 2. The predicted molar refractivity (Wildman–Crippen MR) is 62.9 cm³/mol. The van der Waals surface area contributed by atoms with Crippen LogP contribution in [0.4, 0.5) is 0 Å². The molecule has 16 heavy (non-hydrogen) atoms. The van der Waals surface area contributed by atoms with E-state index in [1.165, 1.54) is 10.9 Å². The van der Waals surface area contributed by atoms with Crippen LogP contribution in [0.2, 0.25) is 5.15 Å². The topological polar surface area (TPSA) is 64.0 Å². The second-order valence-corrected chi connectivity index (χ2v) is 5.60. The van der Waals surface area contributed by atoms with E-state index in [-0.39, 0.29) is 10.2 Å². The number of rotatable bonds is 6. The van der Waals surface area contributed by atoms with Crippen LogP contribution in [0.15, 0.2) is 11.4 Å². The Bertz CT molecular complexity index is 442. The van der Waals surface area contributed by atoms with Gasteiger partial charge in [-0.05, 0) is 6.42 Å². The van der Waals surface area contributed by atoms with Crippen LogP contribution in [-0.4, -0.2) is 24.5 Å². The van der Waals surface area contributed by atoms with Gasteiger partial charge in [-0.25, -0.2) is 18.1 Å². The smallest absolute Gasteiger partial charge is 0.261 e. The summed E-state index contributed by atoms with van der Waals surface area (Å²) in [6, 6.07) is 0. The highest BCUT2D eigenvalue weighted by atomic mass is 35.5. The fourth-order valence-corrected chi connectivity index (χ4v) is 2.72. The summed E-state index contributed by atoms with van der Waals surface area (Å²) in [7, 11) is -1.92. The molecule has 0 aliphatic heterocycles. The third-order valence-corrected chi connectivity index (χ3v) is 4.11. The first kappa shape index (κ1) is 13.5. The number of imidazole rings is 1. The van der Waals surface area contributed by atoms with E-state index in [1.54, 1.807) is 7.05 Å². The average Bonchev–Trinajstić information content (AvgIpc) is 2.55. The number of aryl methyl sites for hydroxylation is 1. The summed E-state index contributed by atoms with van der Waals surface area (Å²) in [5, 5.41) is 0.0242. The summed E-state index contributed by atoms with van der Waals surface area (Å²) in [6.45, 7) is 2.48. The van der Waals surface area contributed by atoms with Gasteiger partial charge in [-0.1, -0.05) is 31.4 Å². The van der Waals surface area contributed by atoms with Crippen molar-refractivity contribution in [2.45, 2.75) is 31.2 Å². The van der Waals surface area contributed by atoms with Gasteiger partial charge in [-0.15, -0.1) is 0 Å². The van der Waals surface area contributed by atoms with E-state index in [0.29, 0.717) is 6.54 Å². The molecule has 1 aromatic heterocycles. The van der Waals surface area contributed by atoms with Crippen molar-refractivity contribution < 1.29 is 8.42 Å². The lowest BCUT2D eigenvalue weighted by atomic mass is 10.3. The summed E-state index contributed by atoms with van der Waals surface area (Å²) in [5.41, 5.74) is 0. The van der Waals surface area contributed by atoms with Gasteiger partial charge in [0.25, 0.3) is 10.0 Å². The zero-order chi connectivity index (χ0) is 12.2. The van der Waals surface area contributed by atoms with E-state index in [0.717, 1.165) is 19.3 Å². The lowest BCUT2D eigenvalue weighted by Gasteiger charge is -2.04. The van der Waals surface area contributed by atoms with E-state index in [2.05, 4.69) is 16.6 Å². The molecule has 1 N–H and O–H groups in total. The van der Waals surface area contributed by atoms with Crippen LogP contribution in [0.1, 0.15) is 26.2 Å². The molecular formula is C9H16ClN3O2S. The number of halogens is 1. The first-order valence-corrected chi connectivity index (χ1v) is 7.01. The standard InChI is InChI=1S/C9H16ClN3O2S/c1-3-4-5-6-12-16(14,15)9-8(10)13(2)7-11-9/h7,12H,3-6H2,1-2H3. The van der Waals surface area contributed by atoms with Gasteiger partial charge in [-0.2, -0.15) is 0 Å². The quantitative estimate of drug-likeness (QED) is 0.794. The van der Waals surface area contributed by atoms with Crippen LogP contribution in [0.25, 0.3) is 0 Å². The summed E-state index contributed by atoms with van der Waals surface area (Å²) in [5.74, 6) is 0. The Kier molecular flexibility index (Phi) is 4.76. The van der Waals surface area contributed by atoms with Crippen LogP contribution in [0.3, 0.4) is 0 Å². The van der Waals surface area contributed by atoms with E-state index in [4.69, 9.17) is 11.6 Å². The molecule has 1 rings (SSSR count). The molecule has 1 aromatic rings. The minimum atomic E-state index is -3.56. The van der Waals surface area contributed by atoms with Crippen molar-refractivity contribution in [3.05, 3.63) is 11.5 Å². The molecule has 1 heterocycles. The van der Waals surface area contributed by atoms with E-state index >= 15 is 0 Å². The van der Waals surface area contributed by atoms with Gasteiger partial charge in [0.1, 0.15) is 5.15 Å². The van der Waals surface area contributed by atoms with Crippen LogP contribution < -0.4 is 4.72 Å². The third kappa shape index (κ3) is 3.20. The number of sulfonamides is 1. The van der Waals surface area contributed by atoms with E-state index < -0.39 is 10.0 Å². The zero-order valence-corrected chi connectivity index (χ0v) is 11.0. The predicted octanol–water partition coefficient (Wildman–Crippen LogP) is 1.54. The molecule has 0 spiro atoms. The SMILES string of the molecule is CCCCCNS(=O)(=O)c1ncn(C)c1Cl. The first-order valence-electron chi connectivity index (χ1n) is 5.15. The minimum Gasteiger partial charge on any atom is -0.324 e. The average molecular weight is 266 g/mol. The lowest BCUT2D eigenvalue weighted by molar-refractivity contribution is 0.573. The number of hydrogen-bond donors (Lipinski definition) is 1. The van der Waals surface area contributed by atoms with Crippen molar-refractivity contribution in [2.75, 3.05) is 6.54 Å². The molecule has 0 saturated heterocycles. The maximum Gasteiger partial charge on any atom is 0.261 e. The fourth-order valence-electron chi connectivity index (χ4n) is 1.22. The Balaban J connectivity index is 2.68. The van der Waals surface area contributed by atoms with E-state index in [1.807, 2.05) is 0 Å². The molecule has 0 aliphatic rings. The molecule has 0 saturated carbocycles. The number of aromatic nitrogens is 2. The van der Waals surface area contributed by atoms with Crippen molar-refractivity contribution in [2.24, 2.45) is 7.05 Å². The zero-order valence-electron chi connectivity index (χ0n) is 9.40. The Labute approximate surface area is 101 Å². The van der Waals surface area contributed by atoms with E-state index in [9.17, 15) is 8.42 Å². The third-order valence-electron chi connectivity index (χ3n) is 2.16. The highest BCUT2D eigenvalue weighted by Gasteiger charge is 2.21. The van der Waals surface area contributed by atoms with Gasteiger partial charge in [0.2, 0.25) is 5.03 Å². The molecule has 0 amide bonds. The molecule has 5 nitrogen and oxygen atoms in total. The molecule has 0 unspecified atom stereocenters. The Morgan fingerprint density at radius 3 is 2.69 bits per heavy atom. The van der Waals surface area contributed by atoms with Gasteiger partial charge < -0.3 is 4.57 Å². The second kappa shape index (κ2) is 5.65. The normalized spacial score (nSPS) is 11.9. The molecule has 0 bridgehead atoms. The van der Waals surface area contributed by atoms with Crippen molar-refractivity contribution in [3.63, 3.8) is 0 Å². The maximum absolute atomic E-state index is 11.8. The largest absolute Gasteiger partial charge is 0.324 e. The second-order valence-electron chi connectivity index (χ2n) is 3.56. The van der Waals surface area contributed by atoms with Gasteiger partial charge in [0.15, 0.2) is 0 Å². The van der Waals surface area contributed by atoms with Gasteiger partial charge in [0.05, 0.1) is 6.33 Å². The van der Waals surface area contributed by atoms with Gasteiger partial charge >= 0.3 is 0 Å². The van der Waals surface area contributed by atoms with Crippen molar-refractivity contribution in [1.82, 2.24) is 14.3 Å². The summed E-state index contributed by atoms with van der Waals surface area (Å²) < 4.78 is 27.5. The summed E-state index contributed by atoms with van der Waals surface area (Å²) >= 11 is 5.81. The van der Waals surface area contributed by atoms with Crippen molar-refractivity contribution in [3.8, 4) is 0 Å². The van der Waals surface area contributed by atoms with Crippen LogP contribution in [0, 0.1) is 0 Å². The van der Waals surface area contributed by atoms with Crippen molar-refractivity contribution in [1.29, 1.82) is 0 Å². The molecule has 0 aromatic carbocycles. The fraction of sp³-hybridized carbons (Fsp3) is 0.667. The van der Waals surface area contributed by atoms with Gasteiger partial charge in [-0.3, -0.25) is 0 Å². The monoisotopic (exact) mass is 265 g/mol. The number of unbranched alkanes of at least 4 members (excludes halogenated alkanes) is 2. The molecule has 0 atom stereocenters. The van der Waals surface area contributed by atoms with Crippen LogP contribution in [0.5, 0.6) is 0 Å². The van der Waals surface area contributed by atoms with Crippen LogP contribution in [-0.2, 0) is 17.1 Å². The maximum atomic E-state index is 11.8. The molecule has 92 valence electrons. The van der Waals surface area contributed by atoms with Crippen LogP contribution >= 0.6 is 11.6 Å². The highest BCUT2D eigenvalue weighted by molar-refractivity contribution is 7.89. The minimum absolute atomic E-state index is 0.104. The summed E-state index contributed by atoms with van der Waals surface area (Å²) in [4.78, 5) is 3.77. The lowest BCUT2D eigenvalue weighted by Crippen LogP contribution is -2.25. The Morgan fingerprint density at radius 1 is 1.50 bits per heavy atom. The summed E-state index contributed by atoms with van der Waals surface area (Å²) in [6.07, 6.45) is 4.24. The number of hydrogen-bond acceptors (Lipinski definition) is 3. The molecule has 0 fully saturated rings. The molecule has 7 heteroatoms. The number of nitrogens with one attached hydrogen (secondary N) is 1. The molecule has 0 aliphatic carbocycles.